The van der Waals surface area contributed by atoms with Crippen LogP contribution in [0.5, 0.6) is 0 Å². The summed E-state index contributed by atoms with van der Waals surface area (Å²) in [5.74, 6) is 0.951. The fourth-order valence-electron chi connectivity index (χ4n) is 1.82. The second-order valence-electron chi connectivity index (χ2n) is 5.21. The van der Waals surface area contributed by atoms with E-state index >= 15 is 0 Å². The number of nitrogens with two attached hydrogens (primary N) is 1. The first-order chi connectivity index (χ1) is 8.44. The SMILES string of the molecule is CC(C)(N)CS(=O)Cc1ccc2ccccc2n1. The number of rotatable bonds is 4. The van der Waals surface area contributed by atoms with Crippen LogP contribution in [0.15, 0.2) is 36.4 Å². The van der Waals surface area contributed by atoms with Gasteiger partial charge in [-0.15, -0.1) is 0 Å². The first-order valence-corrected chi connectivity index (χ1v) is 7.41. The maximum atomic E-state index is 12.0. The number of nitrogens with zero attached hydrogens (tertiary/aromatic N) is 1. The first-order valence-electron chi connectivity index (χ1n) is 5.93. The van der Waals surface area contributed by atoms with Gasteiger partial charge in [-0.25, -0.2) is 0 Å². The van der Waals surface area contributed by atoms with E-state index in [0.717, 1.165) is 16.6 Å². The minimum atomic E-state index is -0.971. The monoisotopic (exact) mass is 262 g/mol. The molecule has 0 amide bonds. The van der Waals surface area contributed by atoms with Gasteiger partial charge >= 0.3 is 0 Å². The van der Waals surface area contributed by atoms with E-state index in [1.54, 1.807) is 0 Å². The Kier molecular flexibility index (Phi) is 3.78. The Hall–Kier alpha value is -1.26. The third kappa shape index (κ3) is 3.62. The molecule has 2 rings (SSSR count). The van der Waals surface area contributed by atoms with Crippen molar-refractivity contribution in [2.24, 2.45) is 5.73 Å². The molecule has 0 saturated heterocycles. The fraction of sp³-hybridized carbons (Fsp3) is 0.357. The maximum absolute atomic E-state index is 12.0. The molecule has 0 saturated carbocycles. The molecule has 0 aliphatic rings. The summed E-state index contributed by atoms with van der Waals surface area (Å²) < 4.78 is 12.0. The third-order valence-electron chi connectivity index (χ3n) is 2.50. The van der Waals surface area contributed by atoms with Crippen LogP contribution in [0.4, 0.5) is 0 Å². The van der Waals surface area contributed by atoms with Gasteiger partial charge in [-0.3, -0.25) is 9.19 Å². The molecule has 1 aromatic carbocycles. The maximum Gasteiger partial charge on any atom is 0.0705 e. The lowest BCUT2D eigenvalue weighted by Crippen LogP contribution is -2.38. The van der Waals surface area contributed by atoms with Crippen molar-refractivity contribution in [3.63, 3.8) is 0 Å². The summed E-state index contributed by atoms with van der Waals surface area (Å²) in [5, 5.41) is 1.10. The largest absolute Gasteiger partial charge is 0.325 e. The number of para-hydroxylation sites is 1. The van der Waals surface area contributed by atoms with Crippen LogP contribution in [0.2, 0.25) is 0 Å². The Morgan fingerprint density at radius 3 is 2.67 bits per heavy atom. The minimum absolute atomic E-state index is 0.401. The lowest BCUT2D eigenvalue weighted by atomic mass is 10.1. The van der Waals surface area contributed by atoms with Crippen molar-refractivity contribution < 1.29 is 4.21 Å². The normalized spacial score (nSPS) is 13.7. The Morgan fingerprint density at radius 1 is 1.22 bits per heavy atom. The van der Waals surface area contributed by atoms with Crippen molar-refractivity contribution in [2.45, 2.75) is 25.1 Å². The number of fused-ring (bicyclic) bond motifs is 1. The molecule has 96 valence electrons. The Morgan fingerprint density at radius 2 is 1.94 bits per heavy atom. The summed E-state index contributed by atoms with van der Waals surface area (Å²) in [6, 6.07) is 11.9. The van der Waals surface area contributed by atoms with E-state index in [4.69, 9.17) is 5.73 Å². The second kappa shape index (κ2) is 5.16. The Bertz CT molecular complexity index is 575. The van der Waals surface area contributed by atoms with E-state index in [1.165, 1.54) is 0 Å². The predicted molar refractivity (Wildman–Crippen MR) is 76.7 cm³/mol. The van der Waals surface area contributed by atoms with Crippen molar-refractivity contribution in [1.29, 1.82) is 0 Å². The molecular weight excluding hydrogens is 244 g/mol. The molecule has 1 heterocycles. The highest BCUT2D eigenvalue weighted by Crippen LogP contribution is 2.13. The molecule has 0 aliphatic heterocycles. The zero-order valence-electron chi connectivity index (χ0n) is 10.7. The van der Waals surface area contributed by atoms with Crippen molar-refractivity contribution in [1.82, 2.24) is 4.98 Å². The van der Waals surface area contributed by atoms with Crippen LogP contribution >= 0.6 is 0 Å². The lowest BCUT2D eigenvalue weighted by Gasteiger charge is -2.17. The Labute approximate surface area is 110 Å². The molecule has 0 spiro atoms. The van der Waals surface area contributed by atoms with Gasteiger partial charge in [0.2, 0.25) is 0 Å². The summed E-state index contributed by atoms with van der Waals surface area (Å²) >= 11 is 0. The zero-order valence-corrected chi connectivity index (χ0v) is 11.5. The average molecular weight is 262 g/mol. The van der Waals surface area contributed by atoms with E-state index in [0.29, 0.717) is 11.5 Å². The number of benzene rings is 1. The molecule has 1 aromatic heterocycles. The standard InChI is InChI=1S/C14H18N2OS/c1-14(2,15)10-18(17)9-12-8-7-11-5-3-4-6-13(11)16-12/h3-8H,9-10,15H2,1-2H3. The van der Waals surface area contributed by atoms with Crippen LogP contribution in [0, 0.1) is 0 Å². The average Bonchev–Trinajstić information content (AvgIpc) is 2.26. The number of hydrogen-bond donors (Lipinski definition) is 1. The second-order valence-corrected chi connectivity index (χ2v) is 6.67. The van der Waals surface area contributed by atoms with E-state index in [-0.39, 0.29) is 0 Å². The van der Waals surface area contributed by atoms with Crippen molar-refractivity contribution >= 4 is 21.7 Å². The summed E-state index contributed by atoms with van der Waals surface area (Å²) in [4.78, 5) is 4.51. The van der Waals surface area contributed by atoms with Gasteiger partial charge in [0.15, 0.2) is 0 Å². The first kappa shape index (κ1) is 13.2. The van der Waals surface area contributed by atoms with Crippen LogP contribution in [0.1, 0.15) is 19.5 Å². The van der Waals surface area contributed by atoms with Crippen LogP contribution in [0.25, 0.3) is 10.9 Å². The molecule has 1 unspecified atom stereocenters. The van der Waals surface area contributed by atoms with Crippen LogP contribution < -0.4 is 5.73 Å². The molecule has 0 fully saturated rings. The quantitative estimate of drug-likeness (QED) is 0.919. The molecule has 18 heavy (non-hydrogen) atoms. The highest BCUT2D eigenvalue weighted by molar-refractivity contribution is 7.84. The summed E-state index contributed by atoms with van der Waals surface area (Å²) in [5.41, 5.74) is 7.27. The highest BCUT2D eigenvalue weighted by Gasteiger charge is 2.15. The predicted octanol–water partition coefficient (Wildman–Crippen LogP) is 2.22. The molecule has 2 aromatic rings. The smallest absolute Gasteiger partial charge is 0.0705 e. The van der Waals surface area contributed by atoms with Gasteiger partial charge in [-0.05, 0) is 26.0 Å². The molecule has 3 nitrogen and oxygen atoms in total. The molecule has 4 heteroatoms. The lowest BCUT2D eigenvalue weighted by molar-refractivity contribution is 0.577. The van der Waals surface area contributed by atoms with Gasteiger partial charge in [0.05, 0.1) is 17.0 Å². The van der Waals surface area contributed by atoms with Crippen LogP contribution in [-0.4, -0.2) is 20.5 Å². The van der Waals surface area contributed by atoms with E-state index in [2.05, 4.69) is 4.98 Å². The fourth-order valence-corrected chi connectivity index (χ4v) is 3.24. The van der Waals surface area contributed by atoms with Gasteiger partial charge in [0.1, 0.15) is 0 Å². The number of aromatic nitrogens is 1. The molecule has 2 N–H and O–H groups in total. The molecule has 0 aliphatic carbocycles. The highest BCUT2D eigenvalue weighted by atomic mass is 32.2. The van der Waals surface area contributed by atoms with Crippen LogP contribution in [0.3, 0.4) is 0 Å². The molecule has 0 radical (unpaired) electrons. The van der Waals surface area contributed by atoms with Crippen molar-refractivity contribution in [3.05, 3.63) is 42.1 Å². The number of hydrogen-bond acceptors (Lipinski definition) is 3. The van der Waals surface area contributed by atoms with Gasteiger partial charge in [0.25, 0.3) is 0 Å². The molecular formula is C14H18N2OS. The molecule has 0 bridgehead atoms. The summed E-state index contributed by atoms with van der Waals surface area (Å²) in [7, 11) is -0.971. The van der Waals surface area contributed by atoms with Gasteiger partial charge in [-0.2, -0.15) is 0 Å². The van der Waals surface area contributed by atoms with E-state index < -0.39 is 16.3 Å². The van der Waals surface area contributed by atoms with Crippen LogP contribution in [-0.2, 0) is 16.6 Å². The van der Waals surface area contributed by atoms with Gasteiger partial charge in [0, 0.05) is 27.5 Å². The van der Waals surface area contributed by atoms with Gasteiger partial charge < -0.3 is 5.73 Å². The Balaban J connectivity index is 2.15. The minimum Gasteiger partial charge on any atom is -0.325 e. The topological polar surface area (TPSA) is 56.0 Å². The van der Waals surface area contributed by atoms with Crippen molar-refractivity contribution in [2.75, 3.05) is 5.75 Å². The van der Waals surface area contributed by atoms with E-state index in [9.17, 15) is 4.21 Å². The van der Waals surface area contributed by atoms with E-state index in [1.807, 2.05) is 50.2 Å². The van der Waals surface area contributed by atoms with Gasteiger partial charge in [-0.1, -0.05) is 24.3 Å². The third-order valence-corrected chi connectivity index (χ3v) is 4.18. The molecule has 1 atom stereocenters. The van der Waals surface area contributed by atoms with Crippen molar-refractivity contribution in [3.8, 4) is 0 Å². The summed E-state index contributed by atoms with van der Waals surface area (Å²) in [6.45, 7) is 3.78. The zero-order chi connectivity index (χ0) is 13.2. The number of pyridine rings is 1. The summed E-state index contributed by atoms with van der Waals surface area (Å²) in [6.07, 6.45) is 0.